The van der Waals surface area contributed by atoms with Crippen molar-refractivity contribution in [2.24, 2.45) is 5.18 Å². The van der Waals surface area contributed by atoms with E-state index in [1.165, 1.54) is 23.3 Å². The largest absolute Gasteiger partial charge is 0.507 e. The van der Waals surface area contributed by atoms with Gasteiger partial charge in [0, 0.05) is 6.07 Å². The highest BCUT2D eigenvalue weighted by Crippen LogP contribution is 2.46. The summed E-state index contributed by atoms with van der Waals surface area (Å²) in [6, 6.07) is 9.82. The van der Waals surface area contributed by atoms with Gasteiger partial charge in [0.15, 0.2) is 6.04 Å². The second-order valence-electron chi connectivity index (χ2n) is 9.40. The van der Waals surface area contributed by atoms with Gasteiger partial charge in [-0.25, -0.2) is 4.79 Å². The minimum absolute atomic E-state index is 0.0316. The summed E-state index contributed by atoms with van der Waals surface area (Å²) in [4.78, 5) is 23.4. The first-order valence-corrected chi connectivity index (χ1v) is 10.7. The minimum atomic E-state index is -0.682. The molecule has 0 bridgehead atoms. The number of benzene rings is 2. The maximum Gasteiger partial charge on any atom is 0.341 e. The van der Waals surface area contributed by atoms with E-state index in [0.717, 1.165) is 18.4 Å². The summed E-state index contributed by atoms with van der Waals surface area (Å²) in [6.07, 6.45) is 2.20. The molecule has 2 aromatic rings. The quantitative estimate of drug-likeness (QED) is 0.447. The number of rotatable bonds is 7. The topological polar surface area (TPSA) is 85.2 Å². The molecule has 0 saturated heterocycles. The molecule has 1 aliphatic carbocycles. The highest BCUT2D eigenvalue weighted by molar-refractivity contribution is 5.92. The van der Waals surface area contributed by atoms with Gasteiger partial charge in [0.2, 0.25) is 0 Å². The fourth-order valence-corrected chi connectivity index (χ4v) is 4.16. The Kier molecular flexibility index (Phi) is 6.39. The standard InChI is InChI=1S/C25H31NO5/c1-6-30-23(28)18-9-8-17(14-22(18)27)31-15-21(26-29)16-7-10-19-20(13-16)25(4,5)12-11-24(19,2)3/h7-10,13-14,21,27H,6,11-12,15H2,1-5H3. The second-order valence-corrected chi connectivity index (χ2v) is 9.40. The van der Waals surface area contributed by atoms with E-state index in [1.807, 2.05) is 6.07 Å². The molecule has 0 aromatic heterocycles. The van der Waals surface area contributed by atoms with Gasteiger partial charge >= 0.3 is 5.97 Å². The first-order valence-electron chi connectivity index (χ1n) is 10.7. The van der Waals surface area contributed by atoms with Gasteiger partial charge in [-0.1, -0.05) is 51.1 Å². The molecule has 2 aromatic carbocycles. The summed E-state index contributed by atoms with van der Waals surface area (Å²) < 4.78 is 10.6. The zero-order chi connectivity index (χ0) is 22.8. The normalized spacial score (nSPS) is 17.3. The van der Waals surface area contributed by atoms with Crippen LogP contribution in [0.1, 0.15) is 80.6 Å². The van der Waals surface area contributed by atoms with Crippen molar-refractivity contribution < 1.29 is 19.4 Å². The Morgan fingerprint density at radius 3 is 2.35 bits per heavy atom. The number of hydrogen-bond acceptors (Lipinski definition) is 6. The lowest BCUT2D eigenvalue weighted by Gasteiger charge is -2.42. The van der Waals surface area contributed by atoms with E-state index in [1.54, 1.807) is 13.0 Å². The molecular formula is C25H31NO5. The molecule has 0 heterocycles. The Morgan fingerprint density at radius 1 is 1.06 bits per heavy atom. The van der Waals surface area contributed by atoms with Crippen LogP contribution in [0, 0.1) is 4.91 Å². The zero-order valence-electron chi connectivity index (χ0n) is 18.9. The number of nitroso groups, excluding NO2 is 1. The molecule has 1 aliphatic rings. The van der Waals surface area contributed by atoms with E-state index >= 15 is 0 Å². The second kappa shape index (κ2) is 8.69. The zero-order valence-corrected chi connectivity index (χ0v) is 18.9. The van der Waals surface area contributed by atoms with Crippen LogP contribution in [0.5, 0.6) is 11.5 Å². The van der Waals surface area contributed by atoms with E-state index < -0.39 is 12.0 Å². The molecule has 6 heteroatoms. The predicted octanol–water partition coefficient (Wildman–Crippen LogP) is 5.80. The molecule has 6 nitrogen and oxygen atoms in total. The number of phenolic OH excluding ortho intramolecular Hbond substituents is 1. The fraction of sp³-hybridized carbons (Fsp3) is 0.480. The van der Waals surface area contributed by atoms with Gasteiger partial charge in [-0.05, 0) is 59.4 Å². The number of hydrogen-bond donors (Lipinski definition) is 1. The lowest BCUT2D eigenvalue weighted by Crippen LogP contribution is -2.34. The molecule has 1 N–H and O–H groups in total. The van der Waals surface area contributed by atoms with Crippen molar-refractivity contribution >= 4 is 5.97 Å². The van der Waals surface area contributed by atoms with Crippen molar-refractivity contribution in [3.8, 4) is 11.5 Å². The summed E-state index contributed by atoms with van der Waals surface area (Å²) in [5, 5.41) is 13.4. The van der Waals surface area contributed by atoms with Crippen molar-refractivity contribution in [1.29, 1.82) is 0 Å². The molecule has 1 atom stereocenters. The van der Waals surface area contributed by atoms with Gasteiger partial charge in [0.05, 0.1) is 6.61 Å². The number of ether oxygens (including phenoxy) is 2. The number of carbonyl (C=O) groups excluding carboxylic acids is 1. The molecular weight excluding hydrogens is 394 g/mol. The smallest absolute Gasteiger partial charge is 0.341 e. The van der Waals surface area contributed by atoms with Crippen molar-refractivity contribution in [3.05, 3.63) is 63.6 Å². The molecule has 0 spiro atoms. The van der Waals surface area contributed by atoms with Gasteiger partial charge in [-0.15, -0.1) is 0 Å². The maximum atomic E-state index is 11.8. The van der Waals surface area contributed by atoms with Crippen LogP contribution in [0.25, 0.3) is 0 Å². The molecule has 166 valence electrons. The summed E-state index contributed by atoms with van der Waals surface area (Å²) in [7, 11) is 0. The molecule has 0 fully saturated rings. The van der Waals surface area contributed by atoms with Crippen LogP contribution in [-0.2, 0) is 15.6 Å². The Morgan fingerprint density at radius 2 is 1.74 bits per heavy atom. The summed E-state index contributed by atoms with van der Waals surface area (Å²) >= 11 is 0. The van der Waals surface area contributed by atoms with Crippen molar-refractivity contribution in [3.63, 3.8) is 0 Å². The molecule has 0 saturated carbocycles. The third-order valence-corrected chi connectivity index (χ3v) is 6.26. The Hall–Kier alpha value is -2.89. The van der Waals surface area contributed by atoms with Gasteiger partial charge < -0.3 is 14.6 Å². The molecule has 0 aliphatic heterocycles. The van der Waals surface area contributed by atoms with E-state index in [0.29, 0.717) is 5.75 Å². The van der Waals surface area contributed by atoms with Crippen LogP contribution in [0.4, 0.5) is 0 Å². The average Bonchev–Trinajstić information content (AvgIpc) is 2.72. The van der Waals surface area contributed by atoms with Crippen LogP contribution >= 0.6 is 0 Å². The SMILES string of the molecule is CCOC(=O)c1ccc(OCC(N=O)c2ccc3c(c2)C(C)(C)CCC3(C)C)cc1O. The van der Waals surface area contributed by atoms with Crippen LogP contribution < -0.4 is 4.74 Å². The van der Waals surface area contributed by atoms with Crippen molar-refractivity contribution in [2.75, 3.05) is 13.2 Å². The highest BCUT2D eigenvalue weighted by Gasteiger charge is 2.37. The summed E-state index contributed by atoms with van der Waals surface area (Å²) in [6.45, 7) is 10.9. The average molecular weight is 426 g/mol. The number of carbonyl (C=O) groups is 1. The lowest BCUT2D eigenvalue weighted by molar-refractivity contribution is 0.0523. The monoisotopic (exact) mass is 425 g/mol. The molecule has 0 radical (unpaired) electrons. The first-order chi connectivity index (χ1) is 14.6. The van der Waals surface area contributed by atoms with Crippen molar-refractivity contribution in [1.82, 2.24) is 0 Å². The summed E-state index contributed by atoms with van der Waals surface area (Å²) in [5.74, 6) is -0.485. The predicted molar refractivity (Wildman–Crippen MR) is 120 cm³/mol. The molecule has 0 amide bonds. The molecule has 3 rings (SSSR count). The Labute approximate surface area is 183 Å². The highest BCUT2D eigenvalue weighted by atomic mass is 16.5. The number of phenols is 1. The third-order valence-electron chi connectivity index (χ3n) is 6.26. The van der Waals surface area contributed by atoms with Gasteiger partial charge in [-0.3, -0.25) is 0 Å². The van der Waals surface area contributed by atoms with Gasteiger partial charge in [0.25, 0.3) is 0 Å². The van der Waals surface area contributed by atoms with Crippen molar-refractivity contribution in [2.45, 2.75) is 64.3 Å². The fourth-order valence-electron chi connectivity index (χ4n) is 4.16. The van der Waals surface area contributed by atoms with E-state index in [2.05, 4.69) is 45.0 Å². The van der Waals surface area contributed by atoms with Gasteiger partial charge in [0.1, 0.15) is 23.7 Å². The molecule has 31 heavy (non-hydrogen) atoms. The van der Waals surface area contributed by atoms with Crippen LogP contribution in [0.2, 0.25) is 0 Å². The van der Waals surface area contributed by atoms with Crippen LogP contribution in [-0.4, -0.2) is 24.3 Å². The number of fused-ring (bicyclic) bond motifs is 1. The van der Waals surface area contributed by atoms with Crippen LogP contribution in [0.3, 0.4) is 0 Å². The Balaban J connectivity index is 1.79. The third kappa shape index (κ3) is 4.73. The maximum absolute atomic E-state index is 11.8. The van der Waals surface area contributed by atoms with E-state index in [4.69, 9.17) is 9.47 Å². The number of aromatic hydroxyl groups is 1. The van der Waals surface area contributed by atoms with Crippen LogP contribution in [0.15, 0.2) is 41.6 Å². The molecule has 1 unspecified atom stereocenters. The van der Waals surface area contributed by atoms with E-state index in [-0.39, 0.29) is 35.4 Å². The minimum Gasteiger partial charge on any atom is -0.507 e. The lowest BCUT2D eigenvalue weighted by atomic mass is 9.63. The first kappa shape index (κ1) is 22.8. The Bertz CT molecular complexity index is 980. The number of nitrogens with zero attached hydrogens (tertiary/aromatic N) is 1. The summed E-state index contributed by atoms with van der Waals surface area (Å²) in [5.41, 5.74) is 3.58. The van der Waals surface area contributed by atoms with E-state index in [9.17, 15) is 14.8 Å². The van der Waals surface area contributed by atoms with Gasteiger partial charge in [-0.2, -0.15) is 4.91 Å². The number of esters is 1.